The molecule has 3 aromatic rings. The fourth-order valence-corrected chi connectivity index (χ4v) is 3.02. The fraction of sp³-hybridized carbons (Fsp3) is 0.167. The van der Waals surface area contributed by atoms with Gasteiger partial charge in [-0.1, -0.05) is 66.2 Å². The van der Waals surface area contributed by atoms with Gasteiger partial charge in [-0.05, 0) is 43.2 Å². The third-order valence-corrected chi connectivity index (χ3v) is 4.59. The minimum atomic E-state index is -0.685. The van der Waals surface area contributed by atoms with E-state index in [1.807, 2.05) is 86.6 Å². The van der Waals surface area contributed by atoms with E-state index < -0.39 is 6.04 Å². The van der Waals surface area contributed by atoms with Gasteiger partial charge < -0.3 is 10.6 Å². The van der Waals surface area contributed by atoms with Crippen LogP contribution in [0, 0.1) is 13.8 Å². The van der Waals surface area contributed by atoms with Crippen molar-refractivity contribution in [2.24, 2.45) is 0 Å². The van der Waals surface area contributed by atoms with Crippen LogP contribution in [0.3, 0.4) is 0 Å². The molecule has 1 unspecified atom stereocenters. The highest BCUT2D eigenvalue weighted by Gasteiger charge is 2.22. The maximum absolute atomic E-state index is 13.0. The van der Waals surface area contributed by atoms with E-state index in [1.54, 1.807) is 6.07 Å². The summed E-state index contributed by atoms with van der Waals surface area (Å²) in [7, 11) is 0. The average molecular weight is 372 g/mol. The lowest BCUT2D eigenvalue weighted by Gasteiger charge is -2.19. The first-order valence-electron chi connectivity index (χ1n) is 9.31. The first kappa shape index (κ1) is 19.4. The summed E-state index contributed by atoms with van der Waals surface area (Å²) in [5.74, 6) is -0.497. The second-order valence-electron chi connectivity index (χ2n) is 6.89. The number of aryl methyl sites for hydroxylation is 2. The number of nitrogens with one attached hydrogen (secondary N) is 2. The van der Waals surface area contributed by atoms with Crippen LogP contribution in [0.2, 0.25) is 0 Å². The molecule has 0 spiro atoms. The molecular weight excluding hydrogens is 348 g/mol. The SMILES string of the molecule is Cc1cccc(C(=O)NC(Cc2ccccc2)C(=O)Nc2ccccc2C)c1. The molecule has 0 radical (unpaired) electrons. The number of amides is 2. The Morgan fingerprint density at radius 2 is 1.57 bits per heavy atom. The van der Waals surface area contributed by atoms with Gasteiger partial charge in [0, 0.05) is 17.7 Å². The molecule has 2 N–H and O–H groups in total. The van der Waals surface area contributed by atoms with Gasteiger partial charge in [-0.25, -0.2) is 0 Å². The highest BCUT2D eigenvalue weighted by atomic mass is 16.2. The third kappa shape index (κ3) is 5.07. The molecule has 3 aromatic carbocycles. The summed E-state index contributed by atoms with van der Waals surface area (Å²) in [6.07, 6.45) is 0.413. The Morgan fingerprint density at radius 3 is 2.29 bits per heavy atom. The van der Waals surface area contributed by atoms with Crippen molar-refractivity contribution in [3.63, 3.8) is 0 Å². The zero-order valence-electron chi connectivity index (χ0n) is 16.1. The fourth-order valence-electron chi connectivity index (χ4n) is 3.02. The van der Waals surface area contributed by atoms with Crippen molar-refractivity contribution in [3.05, 3.63) is 101 Å². The van der Waals surface area contributed by atoms with Crippen molar-refractivity contribution in [2.75, 3.05) is 5.32 Å². The van der Waals surface area contributed by atoms with Gasteiger partial charge in [0.25, 0.3) is 5.91 Å². The molecule has 0 saturated carbocycles. The number of benzene rings is 3. The number of carbonyl (C=O) groups excluding carboxylic acids is 2. The van der Waals surface area contributed by atoms with Gasteiger partial charge in [-0.15, -0.1) is 0 Å². The molecule has 4 heteroatoms. The molecule has 0 aliphatic carbocycles. The summed E-state index contributed by atoms with van der Waals surface area (Å²) in [4.78, 5) is 25.7. The quantitative estimate of drug-likeness (QED) is 0.678. The minimum absolute atomic E-state index is 0.237. The molecule has 28 heavy (non-hydrogen) atoms. The van der Waals surface area contributed by atoms with Crippen molar-refractivity contribution in [1.29, 1.82) is 0 Å². The van der Waals surface area contributed by atoms with E-state index in [-0.39, 0.29) is 11.8 Å². The lowest BCUT2D eigenvalue weighted by molar-refractivity contribution is -0.118. The van der Waals surface area contributed by atoms with Crippen molar-refractivity contribution in [2.45, 2.75) is 26.3 Å². The number of hydrogen-bond acceptors (Lipinski definition) is 2. The van der Waals surface area contributed by atoms with Gasteiger partial charge in [0.2, 0.25) is 5.91 Å². The summed E-state index contributed by atoms with van der Waals surface area (Å²) < 4.78 is 0. The molecule has 0 fully saturated rings. The van der Waals surface area contributed by atoms with Crippen LogP contribution >= 0.6 is 0 Å². The zero-order chi connectivity index (χ0) is 19.9. The maximum Gasteiger partial charge on any atom is 0.251 e. The Labute approximate surface area is 165 Å². The van der Waals surface area contributed by atoms with Gasteiger partial charge in [0.1, 0.15) is 6.04 Å². The molecule has 0 aliphatic heterocycles. The van der Waals surface area contributed by atoms with E-state index in [9.17, 15) is 9.59 Å². The number of hydrogen-bond donors (Lipinski definition) is 2. The van der Waals surface area contributed by atoms with Crippen molar-refractivity contribution < 1.29 is 9.59 Å². The lowest BCUT2D eigenvalue weighted by atomic mass is 10.0. The third-order valence-electron chi connectivity index (χ3n) is 4.59. The molecule has 2 amide bonds. The molecule has 3 rings (SSSR count). The minimum Gasteiger partial charge on any atom is -0.340 e. The monoisotopic (exact) mass is 372 g/mol. The topological polar surface area (TPSA) is 58.2 Å². The van der Waals surface area contributed by atoms with Crippen LogP contribution in [0.4, 0.5) is 5.69 Å². The second kappa shape index (κ2) is 9.00. The maximum atomic E-state index is 13.0. The standard InChI is InChI=1S/C24H24N2O2/c1-17-9-8-13-20(15-17)23(27)26-22(16-19-11-4-3-5-12-19)24(28)25-21-14-7-6-10-18(21)2/h3-15,22H,16H2,1-2H3,(H,25,28)(H,26,27). The number of rotatable bonds is 6. The Bertz CT molecular complexity index is 967. The highest BCUT2D eigenvalue weighted by Crippen LogP contribution is 2.15. The predicted molar refractivity (Wildman–Crippen MR) is 112 cm³/mol. The molecule has 0 heterocycles. The van der Waals surface area contributed by atoms with E-state index in [1.165, 1.54) is 0 Å². The van der Waals surface area contributed by atoms with Crippen LogP contribution in [-0.2, 0) is 11.2 Å². The van der Waals surface area contributed by atoms with Crippen LogP contribution in [0.25, 0.3) is 0 Å². The Morgan fingerprint density at radius 1 is 0.857 bits per heavy atom. The summed E-state index contributed by atoms with van der Waals surface area (Å²) in [6.45, 7) is 3.87. The predicted octanol–water partition coefficient (Wildman–Crippen LogP) is 4.28. The van der Waals surface area contributed by atoms with E-state index in [0.29, 0.717) is 12.0 Å². The molecule has 0 aromatic heterocycles. The van der Waals surface area contributed by atoms with Gasteiger partial charge in [0.05, 0.1) is 0 Å². The number of anilines is 1. The number of para-hydroxylation sites is 1. The molecule has 0 bridgehead atoms. The summed E-state index contributed by atoms with van der Waals surface area (Å²) >= 11 is 0. The molecular formula is C24H24N2O2. The lowest BCUT2D eigenvalue weighted by Crippen LogP contribution is -2.45. The zero-order valence-corrected chi connectivity index (χ0v) is 16.1. The summed E-state index contributed by atoms with van der Waals surface area (Å²) in [5, 5.41) is 5.84. The van der Waals surface area contributed by atoms with Crippen molar-refractivity contribution in [1.82, 2.24) is 5.32 Å². The van der Waals surface area contributed by atoms with Gasteiger partial charge >= 0.3 is 0 Å². The van der Waals surface area contributed by atoms with Crippen LogP contribution < -0.4 is 10.6 Å². The highest BCUT2D eigenvalue weighted by molar-refractivity contribution is 6.01. The normalized spacial score (nSPS) is 11.5. The smallest absolute Gasteiger partial charge is 0.251 e. The van der Waals surface area contributed by atoms with E-state index >= 15 is 0 Å². The van der Waals surface area contributed by atoms with Crippen LogP contribution in [-0.4, -0.2) is 17.9 Å². The van der Waals surface area contributed by atoms with Crippen LogP contribution in [0.15, 0.2) is 78.9 Å². The molecule has 4 nitrogen and oxygen atoms in total. The van der Waals surface area contributed by atoms with Gasteiger partial charge in [-0.2, -0.15) is 0 Å². The summed E-state index contributed by atoms with van der Waals surface area (Å²) in [5.41, 5.74) is 4.24. The largest absolute Gasteiger partial charge is 0.340 e. The Kier molecular flexibility index (Phi) is 6.22. The second-order valence-corrected chi connectivity index (χ2v) is 6.89. The molecule has 142 valence electrons. The van der Waals surface area contributed by atoms with E-state index in [2.05, 4.69) is 10.6 Å². The van der Waals surface area contributed by atoms with Crippen LogP contribution in [0.1, 0.15) is 27.0 Å². The van der Waals surface area contributed by atoms with Gasteiger partial charge in [0.15, 0.2) is 0 Å². The van der Waals surface area contributed by atoms with Crippen molar-refractivity contribution >= 4 is 17.5 Å². The molecule has 1 atom stereocenters. The average Bonchev–Trinajstić information content (AvgIpc) is 2.70. The van der Waals surface area contributed by atoms with E-state index in [4.69, 9.17) is 0 Å². The first-order chi connectivity index (χ1) is 13.5. The van der Waals surface area contributed by atoms with Gasteiger partial charge in [-0.3, -0.25) is 9.59 Å². The molecule has 0 aliphatic rings. The van der Waals surface area contributed by atoms with Crippen molar-refractivity contribution in [3.8, 4) is 0 Å². The summed E-state index contributed by atoms with van der Waals surface area (Å²) in [6, 6.07) is 23.9. The first-order valence-corrected chi connectivity index (χ1v) is 9.31. The Hall–Kier alpha value is -3.40. The molecule has 0 saturated heterocycles. The Balaban J connectivity index is 1.81. The van der Waals surface area contributed by atoms with E-state index in [0.717, 1.165) is 22.4 Å². The number of carbonyl (C=O) groups is 2. The van der Waals surface area contributed by atoms with Crippen LogP contribution in [0.5, 0.6) is 0 Å².